The molecule has 1 unspecified atom stereocenters. The number of rotatable bonds is 6. The van der Waals surface area contributed by atoms with Crippen molar-refractivity contribution in [1.29, 1.82) is 0 Å². The predicted octanol–water partition coefficient (Wildman–Crippen LogP) is 4.36. The lowest BCUT2D eigenvalue weighted by molar-refractivity contribution is 0.495. The number of hydrogen-bond acceptors (Lipinski definition) is 1. The van der Waals surface area contributed by atoms with E-state index < -0.39 is 0 Å². The predicted molar refractivity (Wildman–Crippen MR) is 86.8 cm³/mol. The smallest absolute Gasteiger partial charge is 0.0481 e. The summed E-state index contributed by atoms with van der Waals surface area (Å²) in [6.45, 7) is 4.15. The molecule has 20 heavy (non-hydrogen) atoms. The molecule has 0 aliphatic heterocycles. The Balaban J connectivity index is 1.74. The van der Waals surface area contributed by atoms with E-state index in [1.165, 1.54) is 28.4 Å². The van der Waals surface area contributed by atoms with Crippen LogP contribution in [0.15, 0.2) is 47.2 Å². The van der Waals surface area contributed by atoms with Crippen LogP contribution in [0, 0.1) is 5.92 Å². The molecule has 0 spiro atoms. The van der Waals surface area contributed by atoms with Gasteiger partial charge < -0.3 is 9.88 Å². The third kappa shape index (κ3) is 3.15. The van der Waals surface area contributed by atoms with Crippen LogP contribution >= 0.6 is 15.9 Å². The molecule has 1 aliphatic rings. The van der Waals surface area contributed by atoms with Crippen molar-refractivity contribution in [3.8, 4) is 0 Å². The van der Waals surface area contributed by atoms with E-state index in [1.807, 2.05) is 0 Å². The molecule has 1 aromatic carbocycles. The van der Waals surface area contributed by atoms with Crippen molar-refractivity contribution < 1.29 is 0 Å². The first-order valence-corrected chi connectivity index (χ1v) is 8.19. The Hall–Kier alpha value is -1.06. The molecule has 0 bridgehead atoms. The molecule has 1 saturated carbocycles. The Morgan fingerprint density at radius 1 is 1.30 bits per heavy atom. The maximum Gasteiger partial charge on any atom is 0.0481 e. The Morgan fingerprint density at radius 3 is 2.80 bits per heavy atom. The highest BCUT2D eigenvalue weighted by Gasteiger charge is 2.31. The molecular formula is C17H21BrN2. The molecular weight excluding hydrogens is 312 g/mol. The average Bonchev–Trinajstić information content (AvgIpc) is 3.18. The van der Waals surface area contributed by atoms with Gasteiger partial charge in [-0.1, -0.05) is 41.1 Å². The second-order valence-electron chi connectivity index (χ2n) is 5.58. The molecule has 1 atom stereocenters. The molecule has 2 nitrogen and oxygen atoms in total. The Labute approximate surface area is 129 Å². The molecule has 0 amide bonds. The van der Waals surface area contributed by atoms with E-state index in [-0.39, 0.29) is 0 Å². The van der Waals surface area contributed by atoms with Crippen LogP contribution in [-0.2, 0) is 6.54 Å². The Bertz CT molecular complexity index is 572. The molecule has 0 radical (unpaired) electrons. The largest absolute Gasteiger partial charge is 0.350 e. The molecule has 2 aromatic rings. The van der Waals surface area contributed by atoms with E-state index in [2.05, 4.69) is 75.5 Å². The SMILES string of the molecule is CCNC(c1ccn(Cc2ccccc2Br)c1)C1CC1. The maximum absolute atomic E-state index is 3.63. The van der Waals surface area contributed by atoms with Gasteiger partial charge in [0, 0.05) is 29.5 Å². The lowest BCUT2D eigenvalue weighted by Gasteiger charge is -2.15. The van der Waals surface area contributed by atoms with Gasteiger partial charge in [-0.2, -0.15) is 0 Å². The molecule has 0 saturated heterocycles. The fourth-order valence-electron chi connectivity index (χ4n) is 2.77. The van der Waals surface area contributed by atoms with Crippen LogP contribution in [0.2, 0.25) is 0 Å². The van der Waals surface area contributed by atoms with Crippen LogP contribution in [0.4, 0.5) is 0 Å². The zero-order chi connectivity index (χ0) is 13.9. The van der Waals surface area contributed by atoms with Crippen molar-refractivity contribution in [3.05, 3.63) is 58.3 Å². The summed E-state index contributed by atoms with van der Waals surface area (Å²) in [5, 5.41) is 3.63. The molecule has 1 heterocycles. The van der Waals surface area contributed by atoms with Crippen molar-refractivity contribution in [3.63, 3.8) is 0 Å². The summed E-state index contributed by atoms with van der Waals surface area (Å²) in [6.07, 6.45) is 7.23. The van der Waals surface area contributed by atoms with Gasteiger partial charge in [-0.3, -0.25) is 0 Å². The summed E-state index contributed by atoms with van der Waals surface area (Å²) < 4.78 is 3.46. The zero-order valence-electron chi connectivity index (χ0n) is 11.8. The lowest BCUT2D eigenvalue weighted by Crippen LogP contribution is -2.22. The molecule has 1 N–H and O–H groups in total. The highest BCUT2D eigenvalue weighted by Crippen LogP contribution is 2.41. The third-order valence-corrected chi connectivity index (χ3v) is 4.73. The number of benzene rings is 1. The van der Waals surface area contributed by atoms with Gasteiger partial charge in [-0.25, -0.2) is 0 Å². The fourth-order valence-corrected chi connectivity index (χ4v) is 3.18. The maximum atomic E-state index is 3.63. The van der Waals surface area contributed by atoms with Gasteiger partial charge in [0.2, 0.25) is 0 Å². The molecule has 1 aliphatic carbocycles. The number of aromatic nitrogens is 1. The number of nitrogens with one attached hydrogen (secondary N) is 1. The van der Waals surface area contributed by atoms with E-state index in [9.17, 15) is 0 Å². The second-order valence-corrected chi connectivity index (χ2v) is 6.44. The average molecular weight is 333 g/mol. The molecule has 1 fully saturated rings. The summed E-state index contributed by atoms with van der Waals surface area (Å²) in [5.41, 5.74) is 2.75. The van der Waals surface area contributed by atoms with Crippen LogP contribution in [-0.4, -0.2) is 11.1 Å². The molecule has 1 aromatic heterocycles. The minimum Gasteiger partial charge on any atom is -0.350 e. The second kappa shape index (κ2) is 6.15. The van der Waals surface area contributed by atoms with Gasteiger partial charge in [-0.05, 0) is 48.6 Å². The van der Waals surface area contributed by atoms with Gasteiger partial charge in [0.05, 0.1) is 0 Å². The highest BCUT2D eigenvalue weighted by molar-refractivity contribution is 9.10. The van der Waals surface area contributed by atoms with Gasteiger partial charge in [-0.15, -0.1) is 0 Å². The standard InChI is InChI=1S/C17H21BrN2/c1-2-19-17(13-7-8-13)15-9-10-20(12-15)11-14-5-3-4-6-16(14)18/h3-6,9-10,12-13,17,19H,2,7-8,11H2,1H3. The van der Waals surface area contributed by atoms with Crippen molar-refractivity contribution in [2.24, 2.45) is 5.92 Å². The molecule has 3 heteroatoms. The first-order valence-electron chi connectivity index (χ1n) is 7.40. The van der Waals surface area contributed by atoms with Crippen molar-refractivity contribution in [1.82, 2.24) is 9.88 Å². The van der Waals surface area contributed by atoms with Crippen molar-refractivity contribution >= 4 is 15.9 Å². The van der Waals surface area contributed by atoms with E-state index in [4.69, 9.17) is 0 Å². The quantitative estimate of drug-likeness (QED) is 0.831. The van der Waals surface area contributed by atoms with Crippen LogP contribution in [0.3, 0.4) is 0 Å². The van der Waals surface area contributed by atoms with Crippen molar-refractivity contribution in [2.45, 2.75) is 32.4 Å². The fraction of sp³-hybridized carbons (Fsp3) is 0.412. The van der Waals surface area contributed by atoms with Gasteiger partial charge >= 0.3 is 0 Å². The summed E-state index contributed by atoms with van der Waals surface area (Å²) in [4.78, 5) is 0. The number of hydrogen-bond donors (Lipinski definition) is 1. The first-order chi connectivity index (χ1) is 9.78. The monoisotopic (exact) mass is 332 g/mol. The van der Waals surface area contributed by atoms with Crippen LogP contribution in [0.5, 0.6) is 0 Å². The summed E-state index contributed by atoms with van der Waals surface area (Å²) >= 11 is 3.62. The summed E-state index contributed by atoms with van der Waals surface area (Å²) in [5.74, 6) is 0.842. The Kier molecular flexibility index (Phi) is 4.27. The lowest BCUT2D eigenvalue weighted by atomic mass is 10.1. The van der Waals surface area contributed by atoms with E-state index >= 15 is 0 Å². The van der Waals surface area contributed by atoms with Crippen molar-refractivity contribution in [2.75, 3.05) is 6.54 Å². The van der Waals surface area contributed by atoms with Crippen LogP contribution < -0.4 is 5.32 Å². The summed E-state index contributed by atoms with van der Waals surface area (Å²) in [7, 11) is 0. The van der Waals surface area contributed by atoms with Crippen LogP contribution in [0.1, 0.15) is 36.9 Å². The van der Waals surface area contributed by atoms with Gasteiger partial charge in [0.25, 0.3) is 0 Å². The van der Waals surface area contributed by atoms with Crippen LogP contribution in [0.25, 0.3) is 0 Å². The van der Waals surface area contributed by atoms with Gasteiger partial charge in [0.15, 0.2) is 0 Å². The van der Waals surface area contributed by atoms with E-state index in [0.29, 0.717) is 6.04 Å². The number of nitrogens with zero attached hydrogens (tertiary/aromatic N) is 1. The summed E-state index contributed by atoms with van der Waals surface area (Å²) in [6, 6.07) is 11.2. The zero-order valence-corrected chi connectivity index (χ0v) is 13.4. The number of halogens is 1. The Morgan fingerprint density at radius 2 is 2.10 bits per heavy atom. The normalized spacial score (nSPS) is 16.3. The minimum absolute atomic E-state index is 0.542. The molecule has 106 valence electrons. The first kappa shape index (κ1) is 13.9. The minimum atomic E-state index is 0.542. The third-order valence-electron chi connectivity index (χ3n) is 3.96. The topological polar surface area (TPSA) is 17.0 Å². The van der Waals surface area contributed by atoms with Gasteiger partial charge in [0.1, 0.15) is 0 Å². The highest BCUT2D eigenvalue weighted by atomic mass is 79.9. The molecule has 3 rings (SSSR count). The van der Waals surface area contributed by atoms with E-state index in [0.717, 1.165) is 19.0 Å². The van der Waals surface area contributed by atoms with E-state index in [1.54, 1.807) is 0 Å².